The van der Waals surface area contributed by atoms with Crippen LogP contribution in [0.15, 0.2) is 23.6 Å². The van der Waals surface area contributed by atoms with Crippen LogP contribution < -0.4 is 5.32 Å². The number of benzene rings is 1. The van der Waals surface area contributed by atoms with Gasteiger partial charge in [-0.05, 0) is 55.1 Å². The van der Waals surface area contributed by atoms with Gasteiger partial charge in [0, 0.05) is 4.88 Å². The molecule has 0 radical (unpaired) electrons. The lowest BCUT2D eigenvalue weighted by atomic mass is 9.97. The van der Waals surface area contributed by atoms with Crippen molar-refractivity contribution in [3.8, 4) is 0 Å². The second-order valence-corrected chi connectivity index (χ2v) is 6.18. The van der Waals surface area contributed by atoms with Crippen molar-refractivity contribution >= 4 is 22.9 Å². The fourth-order valence-corrected chi connectivity index (χ4v) is 3.68. The number of alkyl halides is 3. The smallest absolute Gasteiger partial charge is 0.309 e. The van der Waals surface area contributed by atoms with E-state index >= 15 is 0 Å². The highest BCUT2D eigenvalue weighted by atomic mass is 35.5. The first-order valence-corrected chi connectivity index (χ1v) is 7.60. The standard InChI is InChI=1S/C15H15ClF3NS/c1-8-6-10(15(17,18)19)4-5-11(8)13(20-3)14-12(16)9(2)7-21-14/h4-7,13,20H,1-3H3. The second kappa shape index (κ2) is 5.99. The van der Waals surface area contributed by atoms with Crippen molar-refractivity contribution < 1.29 is 13.2 Å². The van der Waals surface area contributed by atoms with Crippen molar-refractivity contribution in [2.75, 3.05) is 7.05 Å². The predicted molar refractivity (Wildman–Crippen MR) is 81.1 cm³/mol. The summed E-state index contributed by atoms with van der Waals surface area (Å²) < 4.78 is 38.2. The molecule has 0 amide bonds. The summed E-state index contributed by atoms with van der Waals surface area (Å²) in [6, 6.07) is 3.60. The third-order valence-corrected chi connectivity index (χ3v) is 5.16. The van der Waals surface area contributed by atoms with Crippen LogP contribution in [0, 0.1) is 13.8 Å². The molecular formula is C15H15ClF3NS. The molecule has 0 saturated carbocycles. The number of halogens is 4. The van der Waals surface area contributed by atoms with E-state index in [-0.39, 0.29) is 6.04 Å². The fraction of sp³-hybridized carbons (Fsp3) is 0.333. The number of nitrogens with one attached hydrogen (secondary N) is 1. The van der Waals surface area contributed by atoms with Gasteiger partial charge in [-0.3, -0.25) is 0 Å². The Morgan fingerprint density at radius 1 is 1.19 bits per heavy atom. The molecule has 0 fully saturated rings. The Labute approximate surface area is 130 Å². The Morgan fingerprint density at radius 2 is 1.86 bits per heavy atom. The molecule has 2 aromatic rings. The zero-order chi connectivity index (χ0) is 15.8. The minimum Gasteiger partial charge on any atom is -0.309 e. The van der Waals surface area contributed by atoms with Crippen LogP contribution in [-0.2, 0) is 6.18 Å². The van der Waals surface area contributed by atoms with Crippen LogP contribution in [0.5, 0.6) is 0 Å². The second-order valence-electron chi connectivity index (χ2n) is 4.89. The summed E-state index contributed by atoms with van der Waals surface area (Å²) in [6.45, 7) is 3.60. The van der Waals surface area contributed by atoms with Gasteiger partial charge in [0.1, 0.15) is 0 Å². The highest BCUT2D eigenvalue weighted by Crippen LogP contribution is 2.38. The molecule has 1 aromatic carbocycles. The minimum atomic E-state index is -4.32. The summed E-state index contributed by atoms with van der Waals surface area (Å²) in [7, 11) is 1.77. The van der Waals surface area contributed by atoms with E-state index in [2.05, 4.69) is 5.32 Å². The van der Waals surface area contributed by atoms with Gasteiger partial charge in [0.25, 0.3) is 0 Å². The zero-order valence-corrected chi connectivity index (χ0v) is 13.4. The summed E-state index contributed by atoms with van der Waals surface area (Å²) in [5, 5.41) is 5.74. The van der Waals surface area contributed by atoms with E-state index in [4.69, 9.17) is 11.6 Å². The van der Waals surface area contributed by atoms with Gasteiger partial charge in [-0.25, -0.2) is 0 Å². The number of thiophene rings is 1. The molecule has 114 valence electrons. The summed E-state index contributed by atoms with van der Waals surface area (Å²) >= 11 is 7.78. The molecule has 0 aliphatic heterocycles. The predicted octanol–water partition coefficient (Wildman–Crippen LogP) is 5.35. The van der Waals surface area contributed by atoms with Crippen LogP contribution in [-0.4, -0.2) is 7.05 Å². The first-order chi connectivity index (χ1) is 9.75. The molecule has 0 aliphatic rings. The van der Waals surface area contributed by atoms with Crippen LogP contribution in [0.25, 0.3) is 0 Å². The molecule has 0 aliphatic carbocycles. The molecule has 0 spiro atoms. The molecule has 0 bridgehead atoms. The lowest BCUT2D eigenvalue weighted by molar-refractivity contribution is -0.137. The number of rotatable bonds is 3. The molecule has 1 N–H and O–H groups in total. The Kier molecular flexibility index (Phi) is 4.66. The highest BCUT2D eigenvalue weighted by Gasteiger charge is 2.31. The SMILES string of the molecule is CNC(c1ccc(C(F)(F)F)cc1C)c1scc(C)c1Cl. The van der Waals surface area contributed by atoms with Gasteiger partial charge in [0.15, 0.2) is 0 Å². The zero-order valence-electron chi connectivity index (χ0n) is 11.8. The third-order valence-electron chi connectivity index (χ3n) is 3.38. The maximum Gasteiger partial charge on any atom is 0.416 e. The Morgan fingerprint density at radius 3 is 2.29 bits per heavy atom. The van der Waals surface area contributed by atoms with Crippen molar-refractivity contribution in [1.82, 2.24) is 5.32 Å². The average Bonchev–Trinajstić information content (AvgIpc) is 2.72. The largest absolute Gasteiger partial charge is 0.416 e. The van der Waals surface area contributed by atoms with Gasteiger partial charge < -0.3 is 5.32 Å². The van der Waals surface area contributed by atoms with Crippen LogP contribution in [0.3, 0.4) is 0 Å². The molecule has 1 nitrogen and oxygen atoms in total. The van der Waals surface area contributed by atoms with E-state index < -0.39 is 11.7 Å². The topological polar surface area (TPSA) is 12.0 Å². The molecule has 2 rings (SSSR count). The number of aryl methyl sites for hydroxylation is 2. The molecule has 1 unspecified atom stereocenters. The molecule has 1 heterocycles. The molecule has 1 aromatic heterocycles. The minimum absolute atomic E-state index is 0.210. The van der Waals surface area contributed by atoms with Crippen molar-refractivity contribution in [3.63, 3.8) is 0 Å². The Bertz CT molecular complexity index is 649. The van der Waals surface area contributed by atoms with Crippen molar-refractivity contribution in [2.45, 2.75) is 26.1 Å². The van der Waals surface area contributed by atoms with Gasteiger partial charge in [0.2, 0.25) is 0 Å². The molecule has 6 heteroatoms. The highest BCUT2D eigenvalue weighted by molar-refractivity contribution is 7.10. The average molecular weight is 334 g/mol. The van der Waals surface area contributed by atoms with Crippen molar-refractivity contribution in [3.05, 3.63) is 55.7 Å². The van der Waals surface area contributed by atoms with Gasteiger partial charge in [0.05, 0.1) is 16.6 Å². The van der Waals surface area contributed by atoms with Gasteiger partial charge in [-0.2, -0.15) is 13.2 Å². The maximum absolute atomic E-state index is 12.7. The summed E-state index contributed by atoms with van der Waals surface area (Å²) in [6.07, 6.45) is -4.32. The van der Waals surface area contributed by atoms with E-state index in [0.29, 0.717) is 10.6 Å². The van der Waals surface area contributed by atoms with E-state index in [0.717, 1.165) is 22.1 Å². The quantitative estimate of drug-likeness (QED) is 0.798. The Balaban J connectivity index is 2.47. The van der Waals surface area contributed by atoms with E-state index in [1.165, 1.54) is 23.5 Å². The van der Waals surface area contributed by atoms with Crippen LogP contribution in [0.4, 0.5) is 13.2 Å². The normalized spacial score (nSPS) is 13.5. The van der Waals surface area contributed by atoms with Crippen LogP contribution >= 0.6 is 22.9 Å². The number of hydrogen-bond acceptors (Lipinski definition) is 2. The van der Waals surface area contributed by atoms with E-state index in [9.17, 15) is 13.2 Å². The summed E-state index contributed by atoms with van der Waals surface area (Å²) in [5.41, 5.74) is 1.73. The van der Waals surface area contributed by atoms with Gasteiger partial charge in [-0.15, -0.1) is 11.3 Å². The van der Waals surface area contributed by atoms with Crippen molar-refractivity contribution in [1.29, 1.82) is 0 Å². The third kappa shape index (κ3) is 3.25. The molecule has 1 atom stereocenters. The van der Waals surface area contributed by atoms with Crippen molar-refractivity contribution in [2.24, 2.45) is 0 Å². The fourth-order valence-electron chi connectivity index (χ4n) is 2.25. The van der Waals surface area contributed by atoms with E-state index in [1.54, 1.807) is 14.0 Å². The summed E-state index contributed by atoms with van der Waals surface area (Å²) in [4.78, 5) is 0.916. The first kappa shape index (κ1) is 16.3. The molecule has 21 heavy (non-hydrogen) atoms. The maximum atomic E-state index is 12.7. The molecular weight excluding hydrogens is 319 g/mol. The Hall–Kier alpha value is -1.04. The van der Waals surface area contributed by atoms with Gasteiger partial charge in [-0.1, -0.05) is 17.7 Å². The lowest BCUT2D eigenvalue weighted by Crippen LogP contribution is -2.18. The van der Waals surface area contributed by atoms with Crippen LogP contribution in [0.2, 0.25) is 5.02 Å². The summed E-state index contributed by atoms with van der Waals surface area (Å²) in [5.74, 6) is 0. The van der Waals surface area contributed by atoms with Gasteiger partial charge >= 0.3 is 6.18 Å². The first-order valence-electron chi connectivity index (χ1n) is 6.34. The lowest BCUT2D eigenvalue weighted by Gasteiger charge is -2.19. The monoisotopic (exact) mass is 333 g/mol. The molecule has 0 saturated heterocycles. The number of hydrogen-bond donors (Lipinski definition) is 1. The van der Waals surface area contributed by atoms with Crippen LogP contribution in [0.1, 0.15) is 33.2 Å². The van der Waals surface area contributed by atoms with E-state index in [1.807, 2.05) is 12.3 Å².